The largest absolute Gasteiger partial charge is 0.388 e. The maximum Gasteiger partial charge on any atom is 0.244 e. The van der Waals surface area contributed by atoms with Crippen molar-refractivity contribution >= 4 is 27.9 Å². The van der Waals surface area contributed by atoms with Crippen molar-refractivity contribution in [2.75, 3.05) is 19.8 Å². The third kappa shape index (κ3) is 4.74. The van der Waals surface area contributed by atoms with Gasteiger partial charge in [0.25, 0.3) is 0 Å². The van der Waals surface area contributed by atoms with E-state index >= 15 is 0 Å². The lowest BCUT2D eigenvalue weighted by Gasteiger charge is -2.31. The second-order valence-corrected chi connectivity index (χ2v) is 5.86. The SMILES string of the molecule is O=C(/C=C/c1cccc(Br)c1)NCC1(O)CCOCC1. The summed E-state index contributed by atoms with van der Waals surface area (Å²) in [5.74, 6) is -0.204. The van der Waals surface area contributed by atoms with Crippen molar-refractivity contribution in [3.05, 3.63) is 40.4 Å². The first-order chi connectivity index (χ1) is 9.57. The van der Waals surface area contributed by atoms with Crippen molar-refractivity contribution in [1.82, 2.24) is 5.32 Å². The molecule has 0 aromatic heterocycles. The Morgan fingerprint density at radius 2 is 2.20 bits per heavy atom. The Hall–Kier alpha value is -1.17. The Bertz CT molecular complexity index is 496. The predicted octanol–water partition coefficient (Wildman–Crippen LogP) is 2.12. The number of carbonyl (C=O) groups excluding carboxylic acids is 1. The van der Waals surface area contributed by atoms with Crippen LogP contribution in [0.4, 0.5) is 0 Å². The number of hydrogen-bond acceptors (Lipinski definition) is 3. The smallest absolute Gasteiger partial charge is 0.244 e. The van der Waals surface area contributed by atoms with Crippen LogP contribution < -0.4 is 5.32 Å². The van der Waals surface area contributed by atoms with Crippen molar-refractivity contribution in [3.63, 3.8) is 0 Å². The van der Waals surface area contributed by atoms with E-state index in [-0.39, 0.29) is 12.5 Å². The Morgan fingerprint density at radius 3 is 2.90 bits per heavy atom. The number of hydrogen-bond donors (Lipinski definition) is 2. The second-order valence-electron chi connectivity index (χ2n) is 4.94. The molecular formula is C15H18BrNO3. The summed E-state index contributed by atoms with van der Waals surface area (Å²) in [6.45, 7) is 1.35. The number of benzene rings is 1. The molecule has 0 bridgehead atoms. The van der Waals surface area contributed by atoms with Crippen molar-refractivity contribution in [3.8, 4) is 0 Å². The first-order valence-corrected chi connectivity index (χ1v) is 7.38. The fourth-order valence-electron chi connectivity index (χ4n) is 2.02. The Kier molecular flexibility index (Phi) is 5.34. The maximum absolute atomic E-state index is 11.7. The van der Waals surface area contributed by atoms with E-state index in [9.17, 15) is 9.90 Å². The van der Waals surface area contributed by atoms with Gasteiger partial charge in [0.15, 0.2) is 0 Å². The molecule has 1 amide bonds. The lowest BCUT2D eigenvalue weighted by Crippen LogP contribution is -2.46. The molecule has 1 aliphatic heterocycles. The molecule has 0 spiro atoms. The molecule has 1 aromatic carbocycles. The molecule has 1 heterocycles. The number of halogens is 1. The molecular weight excluding hydrogens is 322 g/mol. The van der Waals surface area contributed by atoms with Gasteiger partial charge in [-0.25, -0.2) is 0 Å². The third-order valence-corrected chi connectivity index (χ3v) is 3.78. The van der Waals surface area contributed by atoms with Gasteiger partial charge in [-0.2, -0.15) is 0 Å². The number of aliphatic hydroxyl groups is 1. The molecule has 5 heteroatoms. The zero-order valence-electron chi connectivity index (χ0n) is 11.1. The summed E-state index contributed by atoms with van der Waals surface area (Å²) < 4.78 is 6.17. The molecule has 1 saturated heterocycles. The van der Waals surface area contributed by atoms with Gasteiger partial charge >= 0.3 is 0 Å². The van der Waals surface area contributed by atoms with Crippen molar-refractivity contribution in [1.29, 1.82) is 0 Å². The molecule has 1 aliphatic rings. The van der Waals surface area contributed by atoms with E-state index in [1.165, 1.54) is 6.08 Å². The summed E-state index contributed by atoms with van der Waals surface area (Å²) in [6, 6.07) is 7.68. The standard InChI is InChI=1S/C15H18BrNO3/c16-13-3-1-2-12(10-13)4-5-14(18)17-11-15(19)6-8-20-9-7-15/h1-5,10,19H,6-9,11H2,(H,17,18)/b5-4+. The van der Waals surface area contributed by atoms with Gasteiger partial charge in [-0.15, -0.1) is 0 Å². The number of carbonyl (C=O) groups is 1. The van der Waals surface area contributed by atoms with Gasteiger partial charge < -0.3 is 15.2 Å². The summed E-state index contributed by atoms with van der Waals surface area (Å²) in [4.78, 5) is 11.7. The third-order valence-electron chi connectivity index (χ3n) is 3.29. The van der Waals surface area contributed by atoms with Crippen LogP contribution in [0.15, 0.2) is 34.8 Å². The normalized spacial score (nSPS) is 18.1. The molecule has 2 N–H and O–H groups in total. The van der Waals surface area contributed by atoms with Crippen molar-refractivity contribution in [2.24, 2.45) is 0 Å². The summed E-state index contributed by atoms with van der Waals surface area (Å²) >= 11 is 3.38. The van der Waals surface area contributed by atoms with Crippen LogP contribution in [0, 0.1) is 0 Å². The summed E-state index contributed by atoms with van der Waals surface area (Å²) in [5.41, 5.74) is 0.108. The Morgan fingerprint density at radius 1 is 1.45 bits per heavy atom. The highest BCUT2D eigenvalue weighted by atomic mass is 79.9. The first-order valence-electron chi connectivity index (χ1n) is 6.59. The fraction of sp³-hybridized carbons (Fsp3) is 0.400. The van der Waals surface area contributed by atoms with E-state index in [2.05, 4.69) is 21.2 Å². The molecule has 20 heavy (non-hydrogen) atoms. The molecule has 0 atom stereocenters. The van der Waals surface area contributed by atoms with Gasteiger partial charge in [-0.1, -0.05) is 28.1 Å². The molecule has 0 saturated carbocycles. The number of rotatable bonds is 4. The van der Waals surface area contributed by atoms with Gasteiger partial charge in [-0.3, -0.25) is 4.79 Å². The van der Waals surface area contributed by atoms with Crippen LogP contribution in [0.5, 0.6) is 0 Å². The quantitative estimate of drug-likeness (QED) is 0.826. The van der Waals surface area contributed by atoms with E-state index in [0.29, 0.717) is 26.1 Å². The molecule has 0 radical (unpaired) electrons. The zero-order valence-corrected chi connectivity index (χ0v) is 12.7. The maximum atomic E-state index is 11.7. The van der Waals surface area contributed by atoms with E-state index in [4.69, 9.17) is 4.74 Å². The highest BCUT2D eigenvalue weighted by Gasteiger charge is 2.29. The van der Waals surface area contributed by atoms with Crippen LogP contribution in [0.25, 0.3) is 6.08 Å². The van der Waals surface area contributed by atoms with Crippen LogP contribution in [0.3, 0.4) is 0 Å². The lowest BCUT2D eigenvalue weighted by molar-refractivity contribution is -0.119. The highest BCUT2D eigenvalue weighted by Crippen LogP contribution is 2.19. The van der Waals surface area contributed by atoms with Crippen LogP contribution in [-0.4, -0.2) is 36.4 Å². The van der Waals surface area contributed by atoms with E-state index in [1.54, 1.807) is 6.08 Å². The molecule has 4 nitrogen and oxygen atoms in total. The van der Waals surface area contributed by atoms with Crippen LogP contribution in [0.1, 0.15) is 18.4 Å². The lowest BCUT2D eigenvalue weighted by atomic mass is 9.94. The van der Waals surface area contributed by atoms with Gasteiger partial charge in [-0.05, 0) is 23.8 Å². The number of nitrogens with one attached hydrogen (secondary N) is 1. The summed E-state index contributed by atoms with van der Waals surface area (Å²) in [7, 11) is 0. The van der Waals surface area contributed by atoms with Gasteiger partial charge in [0, 0.05) is 43.1 Å². The summed E-state index contributed by atoms with van der Waals surface area (Å²) in [5, 5.41) is 13.0. The fourth-order valence-corrected chi connectivity index (χ4v) is 2.44. The molecule has 108 valence electrons. The number of ether oxygens (including phenoxy) is 1. The average Bonchev–Trinajstić information content (AvgIpc) is 2.44. The second kappa shape index (κ2) is 7.02. The van der Waals surface area contributed by atoms with Crippen molar-refractivity contribution in [2.45, 2.75) is 18.4 Å². The molecule has 0 aliphatic carbocycles. The van der Waals surface area contributed by atoms with Gasteiger partial charge in [0.1, 0.15) is 0 Å². The number of amides is 1. The minimum Gasteiger partial charge on any atom is -0.388 e. The monoisotopic (exact) mass is 339 g/mol. The van der Waals surface area contributed by atoms with Crippen LogP contribution >= 0.6 is 15.9 Å². The first kappa shape index (κ1) is 15.2. The van der Waals surface area contributed by atoms with Crippen LogP contribution in [-0.2, 0) is 9.53 Å². The predicted molar refractivity (Wildman–Crippen MR) is 81.2 cm³/mol. The van der Waals surface area contributed by atoms with E-state index < -0.39 is 5.60 Å². The molecule has 0 unspecified atom stereocenters. The minimum atomic E-state index is -0.836. The van der Waals surface area contributed by atoms with Gasteiger partial charge in [0.05, 0.1) is 5.60 Å². The molecule has 1 aromatic rings. The highest BCUT2D eigenvalue weighted by molar-refractivity contribution is 9.10. The molecule has 2 rings (SSSR count). The zero-order chi connectivity index (χ0) is 14.4. The van der Waals surface area contributed by atoms with E-state index in [1.807, 2.05) is 24.3 Å². The summed E-state index contributed by atoms with van der Waals surface area (Å²) in [6.07, 6.45) is 4.34. The molecule has 1 fully saturated rings. The Balaban J connectivity index is 1.83. The van der Waals surface area contributed by atoms with Crippen molar-refractivity contribution < 1.29 is 14.6 Å². The minimum absolute atomic E-state index is 0.204. The van der Waals surface area contributed by atoms with Crippen LogP contribution in [0.2, 0.25) is 0 Å². The van der Waals surface area contributed by atoms with Gasteiger partial charge in [0.2, 0.25) is 5.91 Å². The average molecular weight is 340 g/mol. The van der Waals surface area contributed by atoms with E-state index in [0.717, 1.165) is 10.0 Å². The topological polar surface area (TPSA) is 58.6 Å². The Labute approximate surface area is 127 Å².